The third-order valence-corrected chi connectivity index (χ3v) is 6.50. The van der Waals surface area contributed by atoms with Crippen molar-refractivity contribution in [2.24, 2.45) is 0 Å². The second kappa shape index (κ2) is 7.50. The molecule has 1 aliphatic rings. The third kappa shape index (κ3) is 4.00. The molecule has 0 spiro atoms. The van der Waals surface area contributed by atoms with Crippen LogP contribution in [0.4, 0.5) is 5.82 Å². The highest BCUT2D eigenvalue weighted by Gasteiger charge is 2.29. The summed E-state index contributed by atoms with van der Waals surface area (Å²) in [6.07, 6.45) is 0. The molecule has 6 nitrogen and oxygen atoms in total. The quantitative estimate of drug-likeness (QED) is 0.797. The fraction of sp³-hybridized carbons (Fsp3) is 0.444. The van der Waals surface area contributed by atoms with Crippen LogP contribution in [0, 0.1) is 6.92 Å². The molecule has 3 rings (SSSR count). The minimum atomic E-state index is -3.53. The number of hydrogen-bond donors (Lipinski definition) is 0. The van der Waals surface area contributed by atoms with E-state index in [1.54, 1.807) is 18.2 Å². The Morgan fingerprint density at radius 3 is 2.38 bits per heavy atom. The lowest BCUT2D eigenvalue weighted by molar-refractivity contribution is 0.383. The van der Waals surface area contributed by atoms with Crippen LogP contribution < -0.4 is 4.90 Å². The molecule has 2 aromatic rings. The van der Waals surface area contributed by atoms with Crippen LogP contribution >= 0.6 is 11.6 Å². The van der Waals surface area contributed by atoms with E-state index in [1.165, 1.54) is 10.4 Å². The Morgan fingerprint density at radius 1 is 1.08 bits per heavy atom. The van der Waals surface area contributed by atoms with Crippen molar-refractivity contribution in [2.75, 3.05) is 31.1 Å². The lowest BCUT2D eigenvalue weighted by Crippen LogP contribution is -2.49. The smallest absolute Gasteiger partial charge is 0.243 e. The van der Waals surface area contributed by atoms with Gasteiger partial charge in [0.2, 0.25) is 10.0 Å². The van der Waals surface area contributed by atoms with Crippen molar-refractivity contribution in [2.45, 2.75) is 31.6 Å². The number of rotatable bonds is 4. The first kappa shape index (κ1) is 19.1. The zero-order valence-corrected chi connectivity index (χ0v) is 16.8. The molecule has 2 heterocycles. The molecular weight excluding hydrogens is 372 g/mol. The van der Waals surface area contributed by atoms with E-state index in [-0.39, 0.29) is 10.8 Å². The Morgan fingerprint density at radius 2 is 1.77 bits per heavy atom. The summed E-state index contributed by atoms with van der Waals surface area (Å²) in [4.78, 5) is 11.5. The van der Waals surface area contributed by atoms with Crippen LogP contribution in [0.1, 0.15) is 31.3 Å². The van der Waals surface area contributed by atoms with E-state index >= 15 is 0 Å². The van der Waals surface area contributed by atoms with Crippen molar-refractivity contribution in [3.05, 3.63) is 46.9 Å². The van der Waals surface area contributed by atoms with Crippen molar-refractivity contribution in [3.63, 3.8) is 0 Å². The first-order valence-corrected chi connectivity index (χ1v) is 10.5. The fourth-order valence-corrected chi connectivity index (χ4v) is 4.65. The van der Waals surface area contributed by atoms with Crippen LogP contribution in [-0.2, 0) is 10.0 Å². The number of aryl methyl sites for hydroxylation is 1. The number of anilines is 1. The standard InChI is InChI=1S/C18H23ClN4O2S/c1-13(2)18-20-14(3)11-17(21-18)22-7-9-23(10-8-22)26(24,25)16-6-4-5-15(19)12-16/h4-6,11-13H,7-10H2,1-3H3. The second-order valence-corrected chi connectivity index (χ2v) is 9.10. The van der Waals surface area contributed by atoms with Gasteiger partial charge in [-0.15, -0.1) is 0 Å². The number of piperazine rings is 1. The molecule has 8 heteroatoms. The van der Waals surface area contributed by atoms with Crippen LogP contribution in [-0.4, -0.2) is 48.9 Å². The molecule has 1 fully saturated rings. The van der Waals surface area contributed by atoms with Gasteiger partial charge in [0.25, 0.3) is 0 Å². The lowest BCUT2D eigenvalue weighted by Gasteiger charge is -2.35. The van der Waals surface area contributed by atoms with Crippen LogP contribution in [0.25, 0.3) is 0 Å². The zero-order chi connectivity index (χ0) is 18.9. The third-order valence-electron chi connectivity index (χ3n) is 4.37. The first-order chi connectivity index (χ1) is 12.3. The van der Waals surface area contributed by atoms with Crippen molar-refractivity contribution >= 4 is 27.4 Å². The predicted molar refractivity (Wildman–Crippen MR) is 103 cm³/mol. The molecule has 0 radical (unpaired) electrons. The molecule has 0 atom stereocenters. The largest absolute Gasteiger partial charge is 0.354 e. The molecule has 0 N–H and O–H groups in total. The molecule has 140 valence electrons. The van der Waals surface area contributed by atoms with Gasteiger partial charge < -0.3 is 4.90 Å². The van der Waals surface area contributed by atoms with Gasteiger partial charge in [-0.05, 0) is 25.1 Å². The normalized spacial score (nSPS) is 16.3. The molecule has 0 amide bonds. The summed E-state index contributed by atoms with van der Waals surface area (Å²) in [7, 11) is -3.53. The molecule has 0 aliphatic carbocycles. The van der Waals surface area contributed by atoms with Crippen LogP contribution in [0.15, 0.2) is 35.2 Å². The zero-order valence-electron chi connectivity index (χ0n) is 15.2. The highest BCUT2D eigenvalue weighted by Crippen LogP contribution is 2.23. The average Bonchev–Trinajstić information content (AvgIpc) is 2.61. The Hall–Kier alpha value is -1.70. The van der Waals surface area contributed by atoms with E-state index in [4.69, 9.17) is 11.6 Å². The molecule has 26 heavy (non-hydrogen) atoms. The first-order valence-electron chi connectivity index (χ1n) is 8.63. The molecule has 0 unspecified atom stereocenters. The summed E-state index contributed by atoms with van der Waals surface area (Å²) < 4.78 is 27.1. The van der Waals surface area contributed by atoms with E-state index < -0.39 is 10.0 Å². The van der Waals surface area contributed by atoms with Crippen molar-refractivity contribution in [1.29, 1.82) is 0 Å². The summed E-state index contributed by atoms with van der Waals surface area (Å²) in [5.41, 5.74) is 0.924. The maximum Gasteiger partial charge on any atom is 0.243 e. The Bertz CT molecular complexity index is 894. The Kier molecular flexibility index (Phi) is 5.50. The van der Waals surface area contributed by atoms with E-state index in [0.29, 0.717) is 31.2 Å². The number of sulfonamides is 1. The molecule has 0 bridgehead atoms. The van der Waals surface area contributed by atoms with Gasteiger partial charge in [-0.2, -0.15) is 4.31 Å². The van der Waals surface area contributed by atoms with E-state index in [9.17, 15) is 8.42 Å². The SMILES string of the molecule is Cc1cc(N2CCN(S(=O)(=O)c3cccc(Cl)c3)CC2)nc(C(C)C)n1. The second-order valence-electron chi connectivity index (χ2n) is 6.73. The summed E-state index contributed by atoms with van der Waals surface area (Å²) >= 11 is 5.94. The van der Waals surface area contributed by atoms with E-state index in [1.807, 2.05) is 13.0 Å². The highest BCUT2D eigenvalue weighted by molar-refractivity contribution is 7.89. The monoisotopic (exact) mass is 394 g/mol. The van der Waals surface area contributed by atoms with Gasteiger partial charge in [0.05, 0.1) is 4.90 Å². The summed E-state index contributed by atoms with van der Waals surface area (Å²) in [6, 6.07) is 8.35. The van der Waals surface area contributed by atoms with Gasteiger partial charge in [0, 0.05) is 48.9 Å². The molecule has 0 saturated carbocycles. The van der Waals surface area contributed by atoms with Gasteiger partial charge >= 0.3 is 0 Å². The predicted octanol–water partition coefficient (Wildman–Crippen LogP) is 3.07. The van der Waals surface area contributed by atoms with Crippen LogP contribution in [0.5, 0.6) is 0 Å². The van der Waals surface area contributed by atoms with E-state index in [2.05, 4.69) is 28.7 Å². The number of halogens is 1. The van der Waals surface area contributed by atoms with Crippen molar-refractivity contribution in [1.82, 2.24) is 14.3 Å². The minimum Gasteiger partial charge on any atom is -0.354 e. The summed E-state index contributed by atoms with van der Waals surface area (Å²) in [5, 5.41) is 0.419. The van der Waals surface area contributed by atoms with Crippen LogP contribution in [0.3, 0.4) is 0 Å². The molecular formula is C18H23ClN4O2S. The number of nitrogens with zero attached hydrogens (tertiary/aromatic N) is 4. The van der Waals surface area contributed by atoms with Gasteiger partial charge in [-0.1, -0.05) is 31.5 Å². The Labute approximate surface area is 159 Å². The van der Waals surface area contributed by atoms with Gasteiger partial charge in [0.15, 0.2) is 0 Å². The maximum atomic E-state index is 12.8. The topological polar surface area (TPSA) is 66.4 Å². The van der Waals surface area contributed by atoms with Gasteiger partial charge in [-0.3, -0.25) is 0 Å². The fourth-order valence-electron chi connectivity index (χ4n) is 2.93. The Balaban J connectivity index is 1.75. The summed E-state index contributed by atoms with van der Waals surface area (Å²) in [5.74, 6) is 1.92. The number of benzene rings is 1. The average molecular weight is 395 g/mol. The molecule has 1 aromatic heterocycles. The van der Waals surface area contributed by atoms with Crippen LogP contribution in [0.2, 0.25) is 5.02 Å². The molecule has 1 saturated heterocycles. The molecule has 1 aliphatic heterocycles. The highest BCUT2D eigenvalue weighted by atomic mass is 35.5. The maximum absolute atomic E-state index is 12.8. The summed E-state index contributed by atoms with van der Waals surface area (Å²) in [6.45, 7) is 8.09. The van der Waals surface area contributed by atoms with Gasteiger partial charge in [0.1, 0.15) is 11.6 Å². The minimum absolute atomic E-state index is 0.235. The lowest BCUT2D eigenvalue weighted by atomic mass is 10.2. The van der Waals surface area contributed by atoms with Gasteiger partial charge in [-0.25, -0.2) is 18.4 Å². The van der Waals surface area contributed by atoms with E-state index in [0.717, 1.165) is 17.3 Å². The number of hydrogen-bond acceptors (Lipinski definition) is 5. The molecule has 1 aromatic carbocycles. The van der Waals surface area contributed by atoms with Crippen molar-refractivity contribution in [3.8, 4) is 0 Å². The van der Waals surface area contributed by atoms with Crippen molar-refractivity contribution < 1.29 is 8.42 Å². The number of aromatic nitrogens is 2.